The van der Waals surface area contributed by atoms with Gasteiger partial charge in [0.2, 0.25) is 0 Å². The van der Waals surface area contributed by atoms with Gasteiger partial charge in [0.15, 0.2) is 0 Å². The lowest BCUT2D eigenvalue weighted by Crippen LogP contribution is -2.37. The third-order valence-corrected chi connectivity index (χ3v) is 3.12. The number of nitrogens with zero attached hydrogens (tertiary/aromatic N) is 1. The summed E-state index contributed by atoms with van der Waals surface area (Å²) >= 11 is 0. The zero-order valence-electron chi connectivity index (χ0n) is 11.2. The Morgan fingerprint density at radius 1 is 1.16 bits per heavy atom. The largest absolute Gasteiger partial charge is 0.390 e. The van der Waals surface area contributed by atoms with Gasteiger partial charge in [0.25, 0.3) is 11.8 Å². The summed E-state index contributed by atoms with van der Waals surface area (Å²) in [7, 11) is 0. The molecule has 0 radical (unpaired) electrons. The van der Waals surface area contributed by atoms with Gasteiger partial charge in [0.05, 0.1) is 17.2 Å². The smallest absolute Gasteiger partial charge is 0.285 e. The summed E-state index contributed by atoms with van der Waals surface area (Å²) in [6.45, 7) is 5.45. The number of aliphatic hydroxyl groups excluding tert-OH is 1. The lowest BCUT2D eigenvalue weighted by Gasteiger charge is -2.26. The van der Waals surface area contributed by atoms with Crippen LogP contribution in [0, 0.1) is 5.41 Å². The van der Waals surface area contributed by atoms with Crippen LogP contribution in [0.25, 0.3) is 0 Å². The molecule has 5 nitrogen and oxygen atoms in total. The van der Waals surface area contributed by atoms with Crippen molar-refractivity contribution in [3.8, 4) is 0 Å². The first-order valence-corrected chi connectivity index (χ1v) is 6.11. The minimum absolute atomic E-state index is 0.102. The molecular weight excluding hydrogens is 246 g/mol. The summed E-state index contributed by atoms with van der Waals surface area (Å²) in [5.41, 5.74) is 0.286. The number of imide groups is 1. The fourth-order valence-corrected chi connectivity index (χ4v) is 1.68. The minimum Gasteiger partial charge on any atom is -0.390 e. The van der Waals surface area contributed by atoms with Crippen molar-refractivity contribution in [3.63, 3.8) is 0 Å². The first-order chi connectivity index (χ1) is 8.82. The Hall–Kier alpha value is -1.72. The first-order valence-electron chi connectivity index (χ1n) is 6.11. The van der Waals surface area contributed by atoms with E-state index in [2.05, 4.69) is 0 Å². The first kappa shape index (κ1) is 13.7. The number of hydroxylamine groups is 2. The highest BCUT2D eigenvalue weighted by molar-refractivity contribution is 6.20. The Bertz CT molecular complexity index is 483. The Balaban J connectivity index is 2.09. The molecule has 1 aliphatic rings. The van der Waals surface area contributed by atoms with Gasteiger partial charge in [-0.1, -0.05) is 32.9 Å². The quantitative estimate of drug-likeness (QED) is 0.841. The summed E-state index contributed by atoms with van der Waals surface area (Å²) in [5, 5.41) is 10.6. The van der Waals surface area contributed by atoms with Gasteiger partial charge in [0.1, 0.15) is 6.61 Å². The van der Waals surface area contributed by atoms with Crippen LogP contribution in [-0.4, -0.2) is 34.7 Å². The van der Waals surface area contributed by atoms with Crippen molar-refractivity contribution in [1.29, 1.82) is 0 Å². The lowest BCUT2D eigenvalue weighted by molar-refractivity contribution is -0.132. The topological polar surface area (TPSA) is 66.8 Å². The number of amides is 2. The highest BCUT2D eigenvalue weighted by atomic mass is 16.7. The van der Waals surface area contributed by atoms with Crippen molar-refractivity contribution in [3.05, 3.63) is 35.4 Å². The molecule has 0 bridgehead atoms. The number of hydrogen-bond acceptors (Lipinski definition) is 4. The molecule has 5 heteroatoms. The van der Waals surface area contributed by atoms with Crippen LogP contribution in [0.15, 0.2) is 24.3 Å². The summed E-state index contributed by atoms with van der Waals surface area (Å²) in [5.74, 6) is -0.969. The van der Waals surface area contributed by atoms with Gasteiger partial charge >= 0.3 is 0 Å². The Labute approximate surface area is 111 Å². The molecule has 1 N–H and O–H groups in total. The molecule has 1 atom stereocenters. The summed E-state index contributed by atoms with van der Waals surface area (Å²) in [4.78, 5) is 29.1. The van der Waals surface area contributed by atoms with E-state index >= 15 is 0 Å². The molecule has 0 aliphatic carbocycles. The minimum atomic E-state index is -0.767. The highest BCUT2D eigenvalue weighted by Gasteiger charge is 2.37. The molecule has 19 heavy (non-hydrogen) atoms. The standard InChI is InChI=1S/C14H17NO4/c1-14(2,3)11(16)8-19-15-12(17)9-6-4-5-7-10(9)13(15)18/h4-7,11,16H,8H2,1-3H3. The maximum absolute atomic E-state index is 12.0. The van der Waals surface area contributed by atoms with Crippen LogP contribution in [0.1, 0.15) is 41.5 Å². The van der Waals surface area contributed by atoms with Crippen molar-refractivity contribution in [2.75, 3.05) is 6.61 Å². The number of carbonyl (C=O) groups is 2. The van der Waals surface area contributed by atoms with Gasteiger partial charge < -0.3 is 5.11 Å². The van der Waals surface area contributed by atoms with Crippen LogP contribution in [0.3, 0.4) is 0 Å². The van der Waals surface area contributed by atoms with Crippen molar-refractivity contribution in [2.24, 2.45) is 5.41 Å². The molecule has 1 unspecified atom stereocenters. The molecular formula is C14H17NO4. The van der Waals surface area contributed by atoms with Crippen LogP contribution < -0.4 is 0 Å². The van der Waals surface area contributed by atoms with Gasteiger partial charge in [-0.3, -0.25) is 14.4 Å². The molecule has 2 amide bonds. The van der Waals surface area contributed by atoms with E-state index in [1.54, 1.807) is 24.3 Å². The van der Waals surface area contributed by atoms with Crippen LogP contribution in [0.4, 0.5) is 0 Å². The van der Waals surface area contributed by atoms with E-state index < -0.39 is 17.9 Å². The van der Waals surface area contributed by atoms with Gasteiger partial charge in [-0.05, 0) is 17.5 Å². The van der Waals surface area contributed by atoms with E-state index in [1.807, 2.05) is 20.8 Å². The predicted molar refractivity (Wildman–Crippen MR) is 68.4 cm³/mol. The molecule has 1 aromatic carbocycles. The van der Waals surface area contributed by atoms with E-state index in [0.717, 1.165) is 5.06 Å². The monoisotopic (exact) mass is 263 g/mol. The van der Waals surface area contributed by atoms with Gasteiger partial charge in [-0.25, -0.2) is 0 Å². The number of hydrogen-bond donors (Lipinski definition) is 1. The van der Waals surface area contributed by atoms with Gasteiger partial charge in [0, 0.05) is 0 Å². The molecule has 0 fully saturated rings. The summed E-state index contributed by atoms with van der Waals surface area (Å²) in [6, 6.07) is 6.55. The maximum atomic E-state index is 12.0. The van der Waals surface area contributed by atoms with Crippen LogP contribution in [-0.2, 0) is 4.84 Å². The number of carbonyl (C=O) groups excluding carboxylic acids is 2. The maximum Gasteiger partial charge on any atom is 0.285 e. The van der Waals surface area contributed by atoms with Gasteiger partial charge in [-0.15, -0.1) is 5.06 Å². The molecule has 102 valence electrons. The second-order valence-electron chi connectivity index (χ2n) is 5.63. The Morgan fingerprint density at radius 2 is 1.63 bits per heavy atom. The third kappa shape index (κ3) is 2.52. The fourth-order valence-electron chi connectivity index (χ4n) is 1.68. The Morgan fingerprint density at radius 3 is 2.05 bits per heavy atom. The molecule has 0 spiro atoms. The van der Waals surface area contributed by atoms with E-state index in [9.17, 15) is 14.7 Å². The zero-order chi connectivity index (χ0) is 14.2. The second-order valence-corrected chi connectivity index (χ2v) is 5.63. The van der Waals surface area contributed by atoms with Crippen LogP contribution in [0.5, 0.6) is 0 Å². The molecule has 1 aliphatic heterocycles. The average molecular weight is 263 g/mol. The Kier molecular flexibility index (Phi) is 3.43. The fraction of sp³-hybridized carbons (Fsp3) is 0.429. The average Bonchev–Trinajstić information content (AvgIpc) is 2.59. The normalized spacial score (nSPS) is 16.7. The zero-order valence-corrected chi connectivity index (χ0v) is 11.2. The second kappa shape index (κ2) is 4.75. The van der Waals surface area contributed by atoms with Crippen LogP contribution in [0.2, 0.25) is 0 Å². The van der Waals surface area contributed by atoms with Crippen LogP contribution >= 0.6 is 0 Å². The SMILES string of the molecule is CC(C)(C)C(O)CON1C(=O)c2ccccc2C1=O. The van der Waals surface area contributed by atoms with E-state index in [4.69, 9.17) is 4.84 Å². The van der Waals surface area contributed by atoms with Gasteiger partial charge in [-0.2, -0.15) is 0 Å². The van der Waals surface area contributed by atoms with E-state index in [0.29, 0.717) is 11.1 Å². The molecule has 0 saturated carbocycles. The molecule has 0 saturated heterocycles. The number of fused-ring (bicyclic) bond motifs is 1. The third-order valence-electron chi connectivity index (χ3n) is 3.12. The van der Waals surface area contributed by atoms with E-state index in [1.165, 1.54) is 0 Å². The number of benzene rings is 1. The lowest BCUT2D eigenvalue weighted by atomic mass is 9.90. The van der Waals surface area contributed by atoms with E-state index in [-0.39, 0.29) is 12.0 Å². The summed E-state index contributed by atoms with van der Waals surface area (Å²) < 4.78 is 0. The summed E-state index contributed by atoms with van der Waals surface area (Å²) in [6.07, 6.45) is -0.767. The van der Waals surface area contributed by atoms with Crippen molar-refractivity contribution in [2.45, 2.75) is 26.9 Å². The molecule has 2 rings (SSSR count). The van der Waals surface area contributed by atoms with Crippen molar-refractivity contribution < 1.29 is 19.5 Å². The predicted octanol–water partition coefficient (Wildman–Crippen LogP) is 1.62. The molecule has 1 heterocycles. The molecule has 0 aromatic heterocycles. The van der Waals surface area contributed by atoms with Crippen molar-refractivity contribution in [1.82, 2.24) is 5.06 Å². The number of rotatable bonds is 3. The highest BCUT2D eigenvalue weighted by Crippen LogP contribution is 2.24. The number of aliphatic hydroxyl groups is 1. The molecule has 1 aromatic rings. The van der Waals surface area contributed by atoms with Crippen molar-refractivity contribution >= 4 is 11.8 Å².